The first-order valence-electron chi connectivity index (χ1n) is 8.24. The van der Waals surface area contributed by atoms with Crippen molar-refractivity contribution < 1.29 is 27.5 Å². The van der Waals surface area contributed by atoms with Crippen molar-refractivity contribution in [2.24, 2.45) is 0 Å². The van der Waals surface area contributed by atoms with E-state index in [0.717, 1.165) is 9.87 Å². The summed E-state index contributed by atoms with van der Waals surface area (Å²) in [5, 5.41) is 0. The Kier molecular flexibility index (Phi) is 5.53. The van der Waals surface area contributed by atoms with Crippen molar-refractivity contribution in [3.63, 3.8) is 0 Å². The second kappa shape index (κ2) is 7.13. The third kappa shape index (κ3) is 3.04. The minimum atomic E-state index is -4.05. The molecule has 8 heteroatoms. The van der Waals surface area contributed by atoms with E-state index in [1.54, 1.807) is 32.9 Å². The van der Waals surface area contributed by atoms with E-state index in [2.05, 4.69) is 0 Å². The fourth-order valence-corrected chi connectivity index (χ4v) is 4.93. The molecule has 2 rings (SSSR count). The van der Waals surface area contributed by atoms with Gasteiger partial charge in [-0.2, -0.15) is 4.31 Å². The number of carbonyl (C=O) groups is 2. The van der Waals surface area contributed by atoms with Gasteiger partial charge < -0.3 is 9.47 Å². The highest BCUT2D eigenvalue weighted by atomic mass is 32.2. The van der Waals surface area contributed by atoms with E-state index in [1.165, 1.54) is 12.1 Å². The van der Waals surface area contributed by atoms with Crippen LogP contribution in [-0.4, -0.2) is 49.5 Å². The number of aryl methyl sites for hydroxylation is 1. The zero-order chi connectivity index (χ0) is 18.8. The summed E-state index contributed by atoms with van der Waals surface area (Å²) in [7, 11) is -4.05. The van der Waals surface area contributed by atoms with Crippen LogP contribution in [0, 0.1) is 6.92 Å². The molecule has 1 heterocycles. The van der Waals surface area contributed by atoms with E-state index in [4.69, 9.17) is 9.47 Å². The largest absolute Gasteiger partial charge is 0.464 e. The summed E-state index contributed by atoms with van der Waals surface area (Å²) < 4.78 is 37.0. The Bertz CT molecular complexity index is 738. The number of carbonyl (C=O) groups excluding carboxylic acids is 2. The van der Waals surface area contributed by atoms with Crippen molar-refractivity contribution in [3.05, 3.63) is 29.8 Å². The number of rotatable bonds is 7. The molecule has 0 radical (unpaired) electrons. The van der Waals surface area contributed by atoms with E-state index in [9.17, 15) is 18.0 Å². The third-order valence-electron chi connectivity index (χ3n) is 4.18. The Morgan fingerprint density at radius 1 is 1.04 bits per heavy atom. The van der Waals surface area contributed by atoms with Gasteiger partial charge in [0.15, 0.2) is 0 Å². The summed E-state index contributed by atoms with van der Waals surface area (Å²) >= 11 is 0. The Hall–Kier alpha value is -1.93. The Balaban J connectivity index is 2.52. The van der Waals surface area contributed by atoms with E-state index in [1.807, 2.05) is 6.92 Å². The maximum atomic E-state index is 13.0. The smallest absolute Gasteiger partial charge is 0.341 e. The molecule has 0 bridgehead atoms. The lowest BCUT2D eigenvalue weighted by atomic mass is 10.0. The van der Waals surface area contributed by atoms with Gasteiger partial charge in [0.2, 0.25) is 15.6 Å². The minimum Gasteiger partial charge on any atom is -0.464 e. The second-order valence-corrected chi connectivity index (χ2v) is 7.56. The maximum absolute atomic E-state index is 13.0. The van der Waals surface area contributed by atoms with Crippen LogP contribution in [0.4, 0.5) is 0 Å². The predicted molar refractivity (Wildman–Crippen MR) is 90.3 cm³/mol. The molecule has 2 unspecified atom stereocenters. The van der Waals surface area contributed by atoms with E-state index >= 15 is 0 Å². The first kappa shape index (κ1) is 19.4. The molecule has 0 aromatic heterocycles. The van der Waals surface area contributed by atoms with Gasteiger partial charge in [-0.25, -0.2) is 18.0 Å². The predicted octanol–water partition coefficient (Wildman–Crippen LogP) is 1.64. The molecule has 1 fully saturated rings. The van der Waals surface area contributed by atoms with Gasteiger partial charge in [-0.3, -0.25) is 0 Å². The van der Waals surface area contributed by atoms with Crippen LogP contribution < -0.4 is 0 Å². The minimum absolute atomic E-state index is 0.0204. The van der Waals surface area contributed by atoms with Crippen molar-refractivity contribution in [1.82, 2.24) is 4.31 Å². The molecule has 25 heavy (non-hydrogen) atoms. The van der Waals surface area contributed by atoms with Gasteiger partial charge in [0.1, 0.15) is 0 Å². The SMILES string of the molecule is CCOC(=O)C1(C(=O)OCC)C(CC)N1S(=O)(=O)c1ccc(C)cc1. The van der Waals surface area contributed by atoms with Gasteiger partial charge in [-0.05, 0) is 39.3 Å². The van der Waals surface area contributed by atoms with Crippen molar-refractivity contribution in [3.8, 4) is 0 Å². The van der Waals surface area contributed by atoms with Crippen molar-refractivity contribution in [2.75, 3.05) is 13.2 Å². The summed E-state index contributed by atoms with van der Waals surface area (Å²) in [6.07, 6.45) is 0.280. The summed E-state index contributed by atoms with van der Waals surface area (Å²) in [5.41, 5.74) is -1.04. The molecule has 1 saturated heterocycles. The summed E-state index contributed by atoms with van der Waals surface area (Å²) in [5.74, 6) is -1.79. The molecule has 0 aliphatic carbocycles. The van der Waals surface area contributed by atoms with Gasteiger partial charge >= 0.3 is 11.9 Å². The molecule has 1 aromatic carbocycles. The number of nitrogens with zero attached hydrogens (tertiary/aromatic N) is 1. The molecule has 0 amide bonds. The van der Waals surface area contributed by atoms with Crippen LogP contribution in [0.2, 0.25) is 0 Å². The quantitative estimate of drug-likeness (QED) is 0.412. The number of esters is 2. The number of sulfonamides is 1. The standard InChI is InChI=1S/C17H23NO6S/c1-5-14-17(15(19)23-6-2,16(20)24-7-3)18(14)25(21,22)13-10-8-12(4)9-11-13/h8-11,14H,5-7H2,1-4H3. The fourth-order valence-electron chi connectivity index (χ4n) is 2.98. The lowest BCUT2D eigenvalue weighted by Crippen LogP contribution is -2.43. The zero-order valence-electron chi connectivity index (χ0n) is 14.8. The van der Waals surface area contributed by atoms with Crippen LogP contribution in [0.3, 0.4) is 0 Å². The third-order valence-corrected chi connectivity index (χ3v) is 6.11. The topological polar surface area (TPSA) is 89.8 Å². The maximum Gasteiger partial charge on any atom is 0.341 e. The van der Waals surface area contributed by atoms with Gasteiger partial charge in [-0.1, -0.05) is 24.6 Å². The summed E-state index contributed by atoms with van der Waals surface area (Å²) in [6.45, 7) is 6.81. The normalized spacial score (nSPS) is 21.4. The Morgan fingerprint density at radius 2 is 1.52 bits per heavy atom. The highest BCUT2D eigenvalue weighted by Gasteiger charge is 2.79. The number of hydrogen-bond acceptors (Lipinski definition) is 6. The zero-order valence-corrected chi connectivity index (χ0v) is 15.6. The molecule has 0 spiro atoms. The Labute approximate surface area is 148 Å². The molecular weight excluding hydrogens is 346 g/mol. The first-order chi connectivity index (χ1) is 11.8. The Morgan fingerprint density at radius 3 is 1.92 bits per heavy atom. The molecule has 1 aliphatic heterocycles. The van der Waals surface area contributed by atoms with Crippen LogP contribution in [0.1, 0.15) is 32.8 Å². The van der Waals surface area contributed by atoms with Crippen LogP contribution in [0.15, 0.2) is 29.2 Å². The molecule has 1 aromatic rings. The second-order valence-electron chi connectivity index (χ2n) is 5.75. The van der Waals surface area contributed by atoms with E-state index < -0.39 is 33.5 Å². The van der Waals surface area contributed by atoms with Crippen LogP contribution >= 0.6 is 0 Å². The molecular formula is C17H23NO6S. The summed E-state index contributed by atoms with van der Waals surface area (Å²) in [6, 6.07) is 5.41. The number of hydrogen-bond donors (Lipinski definition) is 0. The molecule has 7 nitrogen and oxygen atoms in total. The average Bonchev–Trinajstić information content (AvgIpc) is 3.27. The molecule has 138 valence electrons. The highest BCUT2D eigenvalue weighted by molar-refractivity contribution is 7.89. The van der Waals surface area contributed by atoms with Crippen LogP contribution in [0.25, 0.3) is 0 Å². The van der Waals surface area contributed by atoms with Crippen LogP contribution in [-0.2, 0) is 29.1 Å². The lowest BCUT2D eigenvalue weighted by Gasteiger charge is -2.15. The van der Waals surface area contributed by atoms with Crippen molar-refractivity contribution >= 4 is 22.0 Å². The summed E-state index contributed by atoms with van der Waals surface area (Å²) in [4.78, 5) is 25.1. The lowest BCUT2D eigenvalue weighted by molar-refractivity contribution is -0.160. The number of ether oxygens (including phenoxy) is 2. The van der Waals surface area contributed by atoms with E-state index in [-0.39, 0.29) is 24.5 Å². The molecule has 0 N–H and O–H groups in total. The van der Waals surface area contributed by atoms with Gasteiger partial charge in [0.05, 0.1) is 24.2 Å². The number of benzene rings is 1. The molecule has 1 aliphatic rings. The van der Waals surface area contributed by atoms with E-state index in [0.29, 0.717) is 0 Å². The molecule has 2 atom stereocenters. The average molecular weight is 369 g/mol. The fraction of sp³-hybridized carbons (Fsp3) is 0.529. The highest BCUT2D eigenvalue weighted by Crippen LogP contribution is 2.49. The van der Waals surface area contributed by atoms with Crippen molar-refractivity contribution in [2.45, 2.75) is 50.6 Å². The van der Waals surface area contributed by atoms with Crippen molar-refractivity contribution in [1.29, 1.82) is 0 Å². The van der Waals surface area contributed by atoms with Gasteiger partial charge in [-0.15, -0.1) is 0 Å². The molecule has 0 saturated carbocycles. The first-order valence-corrected chi connectivity index (χ1v) is 9.68. The van der Waals surface area contributed by atoms with Crippen LogP contribution in [0.5, 0.6) is 0 Å². The van der Waals surface area contributed by atoms with Gasteiger partial charge in [0, 0.05) is 0 Å². The van der Waals surface area contributed by atoms with Gasteiger partial charge in [0.25, 0.3) is 0 Å². The monoisotopic (exact) mass is 369 g/mol.